The van der Waals surface area contributed by atoms with Gasteiger partial charge in [0.25, 0.3) is 0 Å². The van der Waals surface area contributed by atoms with E-state index in [9.17, 15) is 5.11 Å². The van der Waals surface area contributed by atoms with E-state index in [1.165, 1.54) is 11.1 Å². The molecule has 5 heteroatoms. The van der Waals surface area contributed by atoms with Crippen LogP contribution in [0.3, 0.4) is 0 Å². The van der Waals surface area contributed by atoms with Crippen molar-refractivity contribution in [3.63, 3.8) is 0 Å². The molecule has 1 saturated heterocycles. The fourth-order valence-corrected chi connectivity index (χ4v) is 3.70. The van der Waals surface area contributed by atoms with Crippen LogP contribution in [0.2, 0.25) is 0 Å². The lowest BCUT2D eigenvalue weighted by Crippen LogP contribution is -2.30. The van der Waals surface area contributed by atoms with Gasteiger partial charge in [0, 0.05) is 49.4 Å². The summed E-state index contributed by atoms with van der Waals surface area (Å²) in [5, 5.41) is 21.7. The Morgan fingerprint density at radius 3 is 2.64 bits per heavy atom. The van der Waals surface area contributed by atoms with Gasteiger partial charge in [-0.2, -0.15) is 5.10 Å². The van der Waals surface area contributed by atoms with Crippen molar-refractivity contribution in [2.45, 2.75) is 26.5 Å². The number of β-amino-alcohol motifs (C(OH)–C–C–N with tert-alkyl or cyclic N) is 1. The topological polar surface area (TPSA) is 62.1 Å². The Bertz CT molecular complexity index is 935. The number of aliphatic hydroxyl groups excluding tert-OH is 1. The van der Waals surface area contributed by atoms with Crippen LogP contribution in [0.5, 0.6) is 0 Å². The Morgan fingerprint density at radius 2 is 1.93 bits per heavy atom. The number of nitrogens with one attached hydrogen (secondary N) is 2. The first kappa shape index (κ1) is 18.9. The normalized spacial score (nSPS) is 19.2. The zero-order chi connectivity index (χ0) is 19.5. The molecule has 0 spiro atoms. The lowest BCUT2D eigenvalue weighted by Gasteiger charge is -2.14. The predicted molar refractivity (Wildman–Crippen MR) is 113 cm³/mol. The predicted octanol–water partition coefficient (Wildman–Crippen LogP) is 2.83. The van der Waals surface area contributed by atoms with E-state index >= 15 is 0 Å². The molecule has 2 unspecified atom stereocenters. The molecular weight excluding hydrogens is 348 g/mol. The molecule has 2 aromatic carbocycles. The fraction of sp³-hybridized carbons (Fsp3) is 0.348. The molecule has 146 valence electrons. The van der Waals surface area contributed by atoms with E-state index in [0.717, 1.165) is 42.1 Å². The van der Waals surface area contributed by atoms with Crippen molar-refractivity contribution < 1.29 is 5.11 Å². The third-order valence-electron chi connectivity index (χ3n) is 5.62. The summed E-state index contributed by atoms with van der Waals surface area (Å²) in [5.74, 6) is 0.259. The molecule has 3 aromatic rings. The zero-order valence-electron chi connectivity index (χ0n) is 16.5. The van der Waals surface area contributed by atoms with E-state index in [1.54, 1.807) is 0 Å². The second kappa shape index (κ2) is 8.27. The van der Waals surface area contributed by atoms with Crippen LogP contribution in [0, 0.1) is 19.8 Å². The van der Waals surface area contributed by atoms with Gasteiger partial charge in [-0.15, -0.1) is 0 Å². The molecule has 0 radical (unpaired) electrons. The molecule has 3 N–H and O–H groups in total. The standard InChI is InChI=1S/C23H28N4O/c1-16-8-9-18(10-17(16)2)23-20(13-24-11-19-12-25-14-22(19)28)15-27(26-23)21-6-4-3-5-7-21/h3-10,15,19,22,24-25,28H,11-14H2,1-2H3. The summed E-state index contributed by atoms with van der Waals surface area (Å²) in [7, 11) is 0. The number of aromatic nitrogens is 2. The van der Waals surface area contributed by atoms with Crippen LogP contribution in [0.25, 0.3) is 16.9 Å². The minimum absolute atomic E-state index is 0.259. The maximum atomic E-state index is 10.0. The highest BCUT2D eigenvalue weighted by atomic mass is 16.3. The van der Waals surface area contributed by atoms with E-state index in [0.29, 0.717) is 6.54 Å². The van der Waals surface area contributed by atoms with E-state index in [1.807, 2.05) is 22.9 Å². The van der Waals surface area contributed by atoms with Gasteiger partial charge in [0.2, 0.25) is 0 Å². The lowest BCUT2D eigenvalue weighted by molar-refractivity contribution is 0.146. The summed E-state index contributed by atoms with van der Waals surface area (Å²) >= 11 is 0. The summed E-state index contributed by atoms with van der Waals surface area (Å²) < 4.78 is 1.95. The Labute approximate surface area is 166 Å². The number of aryl methyl sites for hydroxylation is 2. The van der Waals surface area contributed by atoms with Crippen LogP contribution in [0.1, 0.15) is 16.7 Å². The average molecular weight is 377 g/mol. The number of nitrogens with zero attached hydrogens (tertiary/aromatic N) is 2. The SMILES string of the molecule is Cc1ccc(-c2nn(-c3ccccc3)cc2CNCC2CNCC2O)cc1C. The van der Waals surface area contributed by atoms with E-state index < -0.39 is 0 Å². The highest BCUT2D eigenvalue weighted by molar-refractivity contribution is 5.64. The van der Waals surface area contributed by atoms with Gasteiger partial charge < -0.3 is 15.7 Å². The van der Waals surface area contributed by atoms with Crippen molar-refractivity contribution in [3.05, 3.63) is 71.4 Å². The number of benzene rings is 2. The van der Waals surface area contributed by atoms with Crippen molar-refractivity contribution in [2.24, 2.45) is 5.92 Å². The molecule has 1 aliphatic rings. The number of rotatable bonds is 6. The molecule has 28 heavy (non-hydrogen) atoms. The summed E-state index contributed by atoms with van der Waals surface area (Å²) in [4.78, 5) is 0. The van der Waals surface area contributed by atoms with Crippen LogP contribution in [0.15, 0.2) is 54.7 Å². The lowest BCUT2D eigenvalue weighted by atomic mass is 10.0. The first-order chi connectivity index (χ1) is 13.6. The quantitative estimate of drug-likeness (QED) is 0.619. The van der Waals surface area contributed by atoms with Gasteiger partial charge in [-0.1, -0.05) is 30.3 Å². The highest BCUT2D eigenvalue weighted by Gasteiger charge is 2.24. The van der Waals surface area contributed by atoms with Crippen molar-refractivity contribution >= 4 is 0 Å². The molecule has 5 nitrogen and oxygen atoms in total. The fourth-order valence-electron chi connectivity index (χ4n) is 3.70. The van der Waals surface area contributed by atoms with Crippen molar-refractivity contribution in [2.75, 3.05) is 19.6 Å². The first-order valence-electron chi connectivity index (χ1n) is 9.93. The Kier molecular flexibility index (Phi) is 5.57. The van der Waals surface area contributed by atoms with Crippen LogP contribution < -0.4 is 10.6 Å². The average Bonchev–Trinajstić information content (AvgIpc) is 3.31. The van der Waals surface area contributed by atoms with Crippen LogP contribution in [0.4, 0.5) is 0 Å². The number of hydrogen-bond donors (Lipinski definition) is 3. The molecule has 1 fully saturated rings. The third kappa shape index (κ3) is 4.02. The summed E-state index contributed by atoms with van der Waals surface area (Å²) in [6.07, 6.45) is 1.84. The molecule has 2 atom stereocenters. The summed E-state index contributed by atoms with van der Waals surface area (Å²) in [5.41, 5.74) is 6.91. The Hall–Kier alpha value is -2.47. The summed E-state index contributed by atoms with van der Waals surface area (Å²) in [6, 6.07) is 16.7. The molecule has 1 aromatic heterocycles. The zero-order valence-corrected chi connectivity index (χ0v) is 16.5. The van der Waals surface area contributed by atoms with E-state index in [4.69, 9.17) is 5.10 Å². The van der Waals surface area contributed by atoms with Gasteiger partial charge in [-0.25, -0.2) is 4.68 Å². The summed E-state index contributed by atoms with van der Waals surface area (Å²) in [6.45, 7) is 7.33. The number of hydrogen-bond acceptors (Lipinski definition) is 4. The molecule has 1 aliphatic heterocycles. The minimum atomic E-state index is -0.265. The van der Waals surface area contributed by atoms with Gasteiger partial charge in [0.1, 0.15) is 0 Å². The Morgan fingerprint density at radius 1 is 1.11 bits per heavy atom. The van der Waals surface area contributed by atoms with Crippen molar-refractivity contribution in [3.8, 4) is 16.9 Å². The Balaban J connectivity index is 1.61. The second-order valence-corrected chi connectivity index (χ2v) is 7.70. The molecule has 0 aliphatic carbocycles. The second-order valence-electron chi connectivity index (χ2n) is 7.70. The van der Waals surface area contributed by atoms with Gasteiger partial charge in [0.05, 0.1) is 17.5 Å². The van der Waals surface area contributed by atoms with Crippen LogP contribution in [-0.2, 0) is 6.54 Å². The number of para-hydroxylation sites is 1. The van der Waals surface area contributed by atoms with Crippen LogP contribution >= 0.6 is 0 Å². The van der Waals surface area contributed by atoms with Gasteiger partial charge >= 0.3 is 0 Å². The van der Waals surface area contributed by atoms with E-state index in [-0.39, 0.29) is 12.0 Å². The van der Waals surface area contributed by atoms with Crippen molar-refractivity contribution in [1.82, 2.24) is 20.4 Å². The van der Waals surface area contributed by atoms with Gasteiger partial charge in [-0.3, -0.25) is 0 Å². The van der Waals surface area contributed by atoms with E-state index in [2.05, 4.69) is 61.0 Å². The largest absolute Gasteiger partial charge is 0.391 e. The molecular formula is C23H28N4O. The monoisotopic (exact) mass is 376 g/mol. The molecule has 0 amide bonds. The smallest absolute Gasteiger partial charge is 0.0972 e. The maximum absolute atomic E-state index is 10.0. The maximum Gasteiger partial charge on any atom is 0.0972 e. The molecule has 2 heterocycles. The van der Waals surface area contributed by atoms with Gasteiger partial charge in [0.15, 0.2) is 0 Å². The van der Waals surface area contributed by atoms with Crippen LogP contribution in [-0.4, -0.2) is 40.6 Å². The highest BCUT2D eigenvalue weighted by Crippen LogP contribution is 2.26. The molecule has 0 saturated carbocycles. The molecule has 4 rings (SSSR count). The third-order valence-corrected chi connectivity index (χ3v) is 5.62. The van der Waals surface area contributed by atoms with Gasteiger partial charge in [-0.05, 0) is 43.2 Å². The van der Waals surface area contributed by atoms with Crippen molar-refractivity contribution in [1.29, 1.82) is 0 Å². The number of aliphatic hydroxyl groups is 1. The minimum Gasteiger partial charge on any atom is -0.391 e. The first-order valence-corrected chi connectivity index (χ1v) is 9.93. The molecule has 0 bridgehead atoms.